The van der Waals surface area contributed by atoms with Crippen molar-refractivity contribution in [3.8, 4) is 0 Å². The van der Waals surface area contributed by atoms with E-state index in [1.807, 2.05) is 6.92 Å². The maximum Gasteiger partial charge on any atom is 0.0763 e. The highest BCUT2D eigenvalue weighted by Gasteiger charge is 2.41. The molecule has 0 aliphatic carbocycles. The Bertz CT molecular complexity index is 542. The summed E-state index contributed by atoms with van der Waals surface area (Å²) in [5.74, 6) is 0.212. The van der Waals surface area contributed by atoms with Gasteiger partial charge in [0.25, 0.3) is 0 Å². The third kappa shape index (κ3) is 2.73. The first-order valence-corrected chi connectivity index (χ1v) is 8.29. The van der Waals surface area contributed by atoms with E-state index in [1.54, 1.807) is 7.11 Å². The largest absolute Gasteiger partial charge is 0.391 e. The van der Waals surface area contributed by atoms with Gasteiger partial charge in [0.1, 0.15) is 0 Å². The quantitative estimate of drug-likeness (QED) is 0.871. The van der Waals surface area contributed by atoms with E-state index >= 15 is 0 Å². The molecule has 3 rings (SSSR count). The molecule has 1 N–H and O–H groups in total. The van der Waals surface area contributed by atoms with E-state index in [2.05, 4.69) is 35.7 Å². The van der Waals surface area contributed by atoms with Gasteiger partial charge in [-0.1, -0.05) is 36.4 Å². The van der Waals surface area contributed by atoms with Crippen molar-refractivity contribution in [3.63, 3.8) is 0 Å². The van der Waals surface area contributed by atoms with Crippen LogP contribution in [0.15, 0.2) is 36.4 Å². The third-order valence-electron chi connectivity index (χ3n) is 5.36. The van der Waals surface area contributed by atoms with E-state index in [9.17, 15) is 5.11 Å². The van der Waals surface area contributed by atoms with E-state index in [1.165, 1.54) is 11.1 Å². The second-order valence-electron chi connectivity index (χ2n) is 6.76. The van der Waals surface area contributed by atoms with Crippen LogP contribution in [0.3, 0.4) is 0 Å². The number of rotatable bonds is 3. The maximum absolute atomic E-state index is 11.0. The normalized spacial score (nSPS) is 32.0. The maximum atomic E-state index is 11.0. The zero-order chi connectivity index (χ0) is 15.7. The lowest BCUT2D eigenvalue weighted by Crippen LogP contribution is -2.51. The fourth-order valence-electron chi connectivity index (χ4n) is 4.25. The number of aliphatic hydroxyl groups excluding tert-OH is 1. The van der Waals surface area contributed by atoms with Gasteiger partial charge in [0, 0.05) is 19.1 Å². The van der Waals surface area contributed by atoms with Crippen LogP contribution < -0.4 is 0 Å². The topological polar surface area (TPSA) is 32.7 Å². The summed E-state index contributed by atoms with van der Waals surface area (Å²) in [4.78, 5) is 2.47. The molecule has 3 heteroatoms. The van der Waals surface area contributed by atoms with Crippen molar-refractivity contribution >= 4 is 0 Å². The van der Waals surface area contributed by atoms with E-state index in [4.69, 9.17) is 4.74 Å². The van der Waals surface area contributed by atoms with E-state index in [0.29, 0.717) is 6.61 Å². The van der Waals surface area contributed by atoms with Crippen molar-refractivity contribution in [1.82, 2.24) is 4.90 Å². The predicted molar refractivity (Wildman–Crippen MR) is 88.8 cm³/mol. The van der Waals surface area contributed by atoms with Crippen LogP contribution in [0.1, 0.15) is 36.9 Å². The van der Waals surface area contributed by atoms with Crippen molar-refractivity contribution in [2.24, 2.45) is 5.92 Å². The standard InChI is InChI=1S/C19H27NO2/c1-13(2)15-9-6-10-20-17(19(15)21)11-14-7-4-5-8-16(14)18(20)12-22-3/h4-5,7-8,15,17-19,21H,1,6,9-12H2,2-3H3/t15-,17+,18-,19+/m1/s1. The lowest BCUT2D eigenvalue weighted by atomic mass is 9.81. The fourth-order valence-corrected chi connectivity index (χ4v) is 4.25. The summed E-state index contributed by atoms with van der Waals surface area (Å²) in [6.07, 6.45) is 2.71. The smallest absolute Gasteiger partial charge is 0.0763 e. The fraction of sp³-hybridized carbons (Fsp3) is 0.579. The van der Waals surface area contributed by atoms with Crippen molar-refractivity contribution in [2.45, 2.75) is 44.4 Å². The Balaban J connectivity index is 1.98. The molecule has 22 heavy (non-hydrogen) atoms. The van der Waals surface area contributed by atoms with Gasteiger partial charge in [0.2, 0.25) is 0 Å². The first-order chi connectivity index (χ1) is 10.6. The molecule has 2 aliphatic rings. The number of methoxy groups -OCH3 is 1. The minimum absolute atomic E-state index is 0.166. The van der Waals surface area contributed by atoms with E-state index in [-0.39, 0.29) is 24.1 Å². The zero-order valence-electron chi connectivity index (χ0n) is 13.7. The Labute approximate surface area is 133 Å². The molecule has 0 bridgehead atoms. The van der Waals surface area contributed by atoms with Crippen LogP contribution in [0.25, 0.3) is 0 Å². The zero-order valence-corrected chi connectivity index (χ0v) is 13.7. The highest BCUT2D eigenvalue weighted by Crippen LogP contribution is 2.39. The summed E-state index contributed by atoms with van der Waals surface area (Å²) in [5, 5.41) is 11.0. The molecule has 4 atom stereocenters. The molecule has 0 saturated carbocycles. The average Bonchev–Trinajstić information content (AvgIpc) is 2.67. The van der Waals surface area contributed by atoms with Crippen LogP contribution in [0, 0.1) is 5.92 Å². The van der Waals surface area contributed by atoms with Crippen molar-refractivity contribution < 1.29 is 9.84 Å². The molecule has 2 heterocycles. The third-order valence-corrected chi connectivity index (χ3v) is 5.36. The summed E-state index contributed by atoms with van der Waals surface area (Å²) in [6, 6.07) is 9.02. The number of ether oxygens (including phenoxy) is 1. The Morgan fingerprint density at radius 2 is 2.18 bits per heavy atom. The predicted octanol–water partition coefficient (Wildman–Crippen LogP) is 2.95. The van der Waals surface area contributed by atoms with Crippen LogP contribution in [-0.4, -0.2) is 42.4 Å². The van der Waals surface area contributed by atoms with E-state index in [0.717, 1.165) is 31.4 Å². The number of hydrogen-bond donors (Lipinski definition) is 1. The molecular formula is C19H27NO2. The van der Waals surface area contributed by atoms with Gasteiger partial charge in [-0.3, -0.25) is 4.90 Å². The van der Waals surface area contributed by atoms with Gasteiger partial charge in [-0.05, 0) is 43.9 Å². The van der Waals surface area contributed by atoms with Gasteiger partial charge < -0.3 is 9.84 Å². The Hall–Kier alpha value is -1.16. The number of benzene rings is 1. The van der Waals surface area contributed by atoms with Crippen LogP contribution >= 0.6 is 0 Å². The monoisotopic (exact) mass is 301 g/mol. The number of nitrogens with zero attached hydrogens (tertiary/aromatic N) is 1. The highest BCUT2D eigenvalue weighted by molar-refractivity contribution is 5.34. The molecule has 1 saturated heterocycles. The molecule has 1 aromatic rings. The van der Waals surface area contributed by atoms with Gasteiger partial charge >= 0.3 is 0 Å². The van der Waals surface area contributed by atoms with Gasteiger partial charge in [-0.15, -0.1) is 0 Å². The van der Waals surface area contributed by atoms with Gasteiger partial charge in [-0.2, -0.15) is 0 Å². The molecule has 0 radical (unpaired) electrons. The molecule has 1 aromatic carbocycles. The molecular weight excluding hydrogens is 274 g/mol. The van der Waals surface area contributed by atoms with Gasteiger partial charge in [0.05, 0.1) is 18.8 Å². The summed E-state index contributed by atoms with van der Waals surface area (Å²) in [5.41, 5.74) is 3.82. The molecule has 120 valence electrons. The highest BCUT2D eigenvalue weighted by atomic mass is 16.5. The van der Waals surface area contributed by atoms with Gasteiger partial charge in [-0.25, -0.2) is 0 Å². The molecule has 0 amide bonds. The first kappa shape index (κ1) is 15.7. The molecule has 3 nitrogen and oxygen atoms in total. The van der Waals surface area contributed by atoms with Crippen LogP contribution in [0.5, 0.6) is 0 Å². The lowest BCUT2D eigenvalue weighted by molar-refractivity contribution is -0.0132. The second-order valence-corrected chi connectivity index (χ2v) is 6.76. The average molecular weight is 301 g/mol. The molecule has 0 spiro atoms. The van der Waals surface area contributed by atoms with Crippen molar-refractivity contribution in [2.75, 3.05) is 20.3 Å². The molecule has 1 fully saturated rings. The Kier molecular flexibility index (Phi) is 4.67. The minimum Gasteiger partial charge on any atom is -0.391 e. The number of fused-ring (bicyclic) bond motifs is 2. The number of aliphatic hydroxyl groups is 1. The van der Waals surface area contributed by atoms with Crippen LogP contribution in [0.2, 0.25) is 0 Å². The Morgan fingerprint density at radius 1 is 1.41 bits per heavy atom. The SMILES string of the molecule is C=C(C)[C@H]1CCCN2[C@H](COC)c3ccccc3C[C@H]2[C@H]1O. The molecule has 0 aromatic heterocycles. The van der Waals surface area contributed by atoms with Crippen molar-refractivity contribution in [3.05, 3.63) is 47.5 Å². The summed E-state index contributed by atoms with van der Waals surface area (Å²) in [6.45, 7) is 7.85. The van der Waals surface area contributed by atoms with Crippen LogP contribution in [0.4, 0.5) is 0 Å². The van der Waals surface area contributed by atoms with E-state index < -0.39 is 0 Å². The minimum atomic E-state index is -0.340. The summed E-state index contributed by atoms with van der Waals surface area (Å²) >= 11 is 0. The van der Waals surface area contributed by atoms with Gasteiger partial charge in [0.15, 0.2) is 0 Å². The lowest BCUT2D eigenvalue weighted by Gasteiger charge is -2.44. The second kappa shape index (κ2) is 6.53. The molecule has 2 aliphatic heterocycles. The molecule has 0 unspecified atom stereocenters. The summed E-state index contributed by atoms with van der Waals surface area (Å²) < 4.78 is 5.50. The number of hydrogen-bond acceptors (Lipinski definition) is 3. The van der Waals surface area contributed by atoms with Crippen molar-refractivity contribution in [1.29, 1.82) is 0 Å². The first-order valence-electron chi connectivity index (χ1n) is 8.29. The summed E-state index contributed by atoms with van der Waals surface area (Å²) in [7, 11) is 1.76. The van der Waals surface area contributed by atoms with Crippen LogP contribution in [-0.2, 0) is 11.2 Å². The Morgan fingerprint density at radius 3 is 2.91 bits per heavy atom.